The fraction of sp³-hybridized carbons (Fsp3) is 0.750. The fourth-order valence-electron chi connectivity index (χ4n) is 1.08. The highest BCUT2D eigenvalue weighted by Gasteiger charge is 2.19. The van der Waals surface area contributed by atoms with E-state index < -0.39 is 11.7 Å². The number of aliphatic imine (C=N–C) groups is 1. The van der Waals surface area contributed by atoms with Gasteiger partial charge in [0.05, 0.1) is 5.71 Å². The van der Waals surface area contributed by atoms with Crippen molar-refractivity contribution in [3.63, 3.8) is 0 Å². The summed E-state index contributed by atoms with van der Waals surface area (Å²) in [6.45, 7) is 10.7. The van der Waals surface area contributed by atoms with Crippen LogP contribution in [0.1, 0.15) is 48.0 Å². The highest BCUT2D eigenvalue weighted by Crippen LogP contribution is 2.10. The quantitative estimate of drug-likeness (QED) is 0.696. The molecule has 0 aliphatic heterocycles. The van der Waals surface area contributed by atoms with E-state index in [0.717, 1.165) is 0 Å². The molecule has 0 unspecified atom stereocenters. The minimum absolute atomic E-state index is 0.0695. The van der Waals surface area contributed by atoms with Gasteiger partial charge in [0.25, 0.3) is 0 Å². The van der Waals surface area contributed by atoms with Gasteiger partial charge in [-0.25, -0.2) is 4.79 Å². The maximum atomic E-state index is 11.5. The second-order valence-corrected chi connectivity index (χ2v) is 4.91. The SMILES string of the molecule is CCC(=O)C(=NC(=O)OC(C)(C)C)C(C)C. The summed E-state index contributed by atoms with van der Waals surface area (Å²) in [5.74, 6) is -0.180. The van der Waals surface area contributed by atoms with Crippen LogP contribution >= 0.6 is 0 Å². The molecule has 0 saturated carbocycles. The van der Waals surface area contributed by atoms with E-state index in [1.165, 1.54) is 0 Å². The number of ether oxygens (including phenoxy) is 1. The third-order valence-corrected chi connectivity index (χ3v) is 1.76. The highest BCUT2D eigenvalue weighted by molar-refractivity contribution is 6.41. The molecule has 0 aromatic heterocycles. The normalized spacial score (nSPS) is 12.8. The van der Waals surface area contributed by atoms with Crippen molar-refractivity contribution >= 4 is 17.6 Å². The molecule has 0 heterocycles. The Balaban J connectivity index is 4.81. The number of rotatable bonds is 3. The van der Waals surface area contributed by atoms with E-state index in [0.29, 0.717) is 6.42 Å². The highest BCUT2D eigenvalue weighted by atomic mass is 16.6. The fourth-order valence-corrected chi connectivity index (χ4v) is 1.08. The lowest BCUT2D eigenvalue weighted by molar-refractivity contribution is -0.112. The second-order valence-electron chi connectivity index (χ2n) is 4.91. The molecule has 0 N–H and O–H groups in total. The molecular weight excluding hydrogens is 206 g/mol. The minimum Gasteiger partial charge on any atom is -0.442 e. The monoisotopic (exact) mass is 227 g/mol. The number of amides is 1. The van der Waals surface area contributed by atoms with Gasteiger partial charge in [0.2, 0.25) is 0 Å². The van der Waals surface area contributed by atoms with Crippen molar-refractivity contribution in [1.82, 2.24) is 0 Å². The molecule has 0 aliphatic carbocycles. The molecule has 0 rings (SSSR count). The van der Waals surface area contributed by atoms with Gasteiger partial charge in [0.15, 0.2) is 5.78 Å². The number of nitrogens with zero attached hydrogens (tertiary/aromatic N) is 1. The molecule has 0 aromatic carbocycles. The van der Waals surface area contributed by atoms with Gasteiger partial charge >= 0.3 is 6.09 Å². The Bertz CT molecular complexity index is 298. The van der Waals surface area contributed by atoms with Gasteiger partial charge in [-0.15, -0.1) is 0 Å². The predicted octanol–water partition coefficient (Wildman–Crippen LogP) is 3.00. The summed E-state index contributed by atoms with van der Waals surface area (Å²) in [5, 5.41) is 0. The van der Waals surface area contributed by atoms with Gasteiger partial charge in [0, 0.05) is 6.42 Å². The van der Waals surface area contributed by atoms with Crippen LogP contribution in [-0.4, -0.2) is 23.2 Å². The standard InChI is InChI=1S/C12H21NO3/c1-7-9(14)10(8(2)3)13-11(15)16-12(4,5)6/h8H,7H2,1-6H3. The third-order valence-electron chi connectivity index (χ3n) is 1.76. The second kappa shape index (κ2) is 5.77. The lowest BCUT2D eigenvalue weighted by Crippen LogP contribution is -2.25. The van der Waals surface area contributed by atoms with Crippen LogP contribution in [0, 0.1) is 5.92 Å². The summed E-state index contributed by atoms with van der Waals surface area (Å²) in [4.78, 5) is 26.7. The van der Waals surface area contributed by atoms with Crippen molar-refractivity contribution in [2.45, 2.75) is 53.6 Å². The van der Waals surface area contributed by atoms with E-state index in [9.17, 15) is 9.59 Å². The zero-order chi connectivity index (χ0) is 12.9. The number of carbonyl (C=O) groups excluding carboxylic acids is 2. The Hall–Kier alpha value is -1.19. The average molecular weight is 227 g/mol. The Morgan fingerprint density at radius 1 is 1.25 bits per heavy atom. The molecule has 0 aliphatic rings. The Labute approximate surface area is 97.1 Å². The molecule has 1 amide bonds. The van der Waals surface area contributed by atoms with Crippen molar-refractivity contribution in [3.05, 3.63) is 0 Å². The predicted molar refractivity (Wildman–Crippen MR) is 63.8 cm³/mol. The van der Waals surface area contributed by atoms with Crippen LogP contribution in [0.25, 0.3) is 0 Å². The molecule has 4 heteroatoms. The molecule has 0 spiro atoms. The number of hydrogen-bond acceptors (Lipinski definition) is 3. The van der Waals surface area contributed by atoms with Crippen LogP contribution in [0.5, 0.6) is 0 Å². The van der Waals surface area contributed by atoms with Gasteiger partial charge in [-0.2, -0.15) is 4.99 Å². The molecule has 0 bridgehead atoms. The number of hydrogen-bond donors (Lipinski definition) is 0. The summed E-state index contributed by atoms with van der Waals surface area (Å²) < 4.78 is 5.03. The van der Waals surface area contributed by atoms with Crippen LogP contribution < -0.4 is 0 Å². The van der Waals surface area contributed by atoms with Crippen molar-refractivity contribution in [2.75, 3.05) is 0 Å². The zero-order valence-electron chi connectivity index (χ0n) is 11.0. The van der Waals surface area contributed by atoms with Crippen LogP contribution in [-0.2, 0) is 9.53 Å². The van der Waals surface area contributed by atoms with Crippen LogP contribution in [0.3, 0.4) is 0 Å². The molecule has 4 nitrogen and oxygen atoms in total. The lowest BCUT2D eigenvalue weighted by Gasteiger charge is -2.18. The minimum atomic E-state index is -0.696. The number of ketones is 1. The molecule has 0 radical (unpaired) electrons. The largest absolute Gasteiger partial charge is 0.442 e. The Morgan fingerprint density at radius 3 is 2.06 bits per heavy atom. The van der Waals surface area contributed by atoms with Gasteiger partial charge in [-0.05, 0) is 26.7 Å². The number of carbonyl (C=O) groups is 2. The first-order valence-electron chi connectivity index (χ1n) is 5.52. The van der Waals surface area contributed by atoms with E-state index >= 15 is 0 Å². The van der Waals surface area contributed by atoms with Gasteiger partial charge in [-0.1, -0.05) is 20.8 Å². The van der Waals surface area contributed by atoms with E-state index in [1.54, 1.807) is 27.7 Å². The topological polar surface area (TPSA) is 55.7 Å². The summed E-state index contributed by atoms with van der Waals surface area (Å²) in [6, 6.07) is 0. The molecular formula is C12H21NO3. The van der Waals surface area contributed by atoms with Crippen LogP contribution in [0.2, 0.25) is 0 Å². The molecule has 0 atom stereocenters. The van der Waals surface area contributed by atoms with Crippen molar-refractivity contribution in [1.29, 1.82) is 0 Å². The van der Waals surface area contributed by atoms with Crippen LogP contribution in [0.4, 0.5) is 4.79 Å². The first-order chi connectivity index (χ1) is 7.17. The molecule has 92 valence electrons. The smallest absolute Gasteiger partial charge is 0.434 e. The van der Waals surface area contributed by atoms with E-state index in [2.05, 4.69) is 4.99 Å². The Kier molecular flexibility index (Phi) is 5.35. The maximum absolute atomic E-state index is 11.5. The van der Waals surface area contributed by atoms with E-state index in [4.69, 9.17) is 4.74 Å². The molecule has 0 fully saturated rings. The number of Topliss-reactive ketones (excluding diaryl/α,β-unsaturated/α-hetero) is 1. The third kappa shape index (κ3) is 5.63. The van der Waals surface area contributed by atoms with Crippen LogP contribution in [0.15, 0.2) is 4.99 Å². The van der Waals surface area contributed by atoms with Crippen molar-refractivity contribution in [3.8, 4) is 0 Å². The van der Waals surface area contributed by atoms with E-state index in [-0.39, 0.29) is 17.4 Å². The lowest BCUT2D eigenvalue weighted by atomic mass is 10.0. The molecule has 0 aromatic rings. The molecule has 16 heavy (non-hydrogen) atoms. The van der Waals surface area contributed by atoms with Crippen molar-refractivity contribution in [2.24, 2.45) is 10.9 Å². The first-order valence-corrected chi connectivity index (χ1v) is 5.52. The zero-order valence-corrected chi connectivity index (χ0v) is 11.0. The molecule has 0 saturated heterocycles. The Morgan fingerprint density at radius 2 is 1.75 bits per heavy atom. The summed E-state index contributed by atoms with van der Waals surface area (Å²) in [7, 11) is 0. The van der Waals surface area contributed by atoms with Gasteiger partial charge in [-0.3, -0.25) is 4.79 Å². The summed E-state index contributed by atoms with van der Waals surface area (Å²) in [6.07, 6.45) is -0.349. The van der Waals surface area contributed by atoms with E-state index in [1.807, 2.05) is 13.8 Å². The average Bonchev–Trinajstić information content (AvgIpc) is 2.09. The maximum Gasteiger partial charge on any atom is 0.434 e. The van der Waals surface area contributed by atoms with Gasteiger partial charge < -0.3 is 4.74 Å². The summed E-state index contributed by atoms with van der Waals surface area (Å²) >= 11 is 0. The summed E-state index contributed by atoms with van der Waals surface area (Å²) in [5.41, 5.74) is -0.297. The van der Waals surface area contributed by atoms with Crippen molar-refractivity contribution < 1.29 is 14.3 Å². The first kappa shape index (κ1) is 14.8. The van der Waals surface area contributed by atoms with Gasteiger partial charge in [0.1, 0.15) is 5.60 Å².